The van der Waals surface area contributed by atoms with Crippen LogP contribution in [0, 0.1) is 0 Å². The lowest BCUT2D eigenvalue weighted by atomic mass is 9.96. The summed E-state index contributed by atoms with van der Waals surface area (Å²) in [5.41, 5.74) is 9.07. The molecule has 23 heavy (non-hydrogen) atoms. The average molecular weight is 331 g/mol. The van der Waals surface area contributed by atoms with Crippen LogP contribution in [0.3, 0.4) is 0 Å². The Morgan fingerprint density at radius 3 is 2.61 bits per heavy atom. The Balaban J connectivity index is 2.02. The largest absolute Gasteiger partial charge is 0.397 e. The fourth-order valence-electron chi connectivity index (χ4n) is 3.08. The summed E-state index contributed by atoms with van der Waals surface area (Å²) >= 11 is 1.41. The van der Waals surface area contributed by atoms with Gasteiger partial charge in [0.1, 0.15) is 9.71 Å². The number of carbonyl (C=O) groups excluding carboxylic acids is 1. The summed E-state index contributed by atoms with van der Waals surface area (Å²) < 4.78 is 0. The van der Waals surface area contributed by atoms with E-state index in [1.54, 1.807) is 0 Å². The first-order valence-electron chi connectivity index (χ1n) is 8.38. The van der Waals surface area contributed by atoms with E-state index in [1.807, 2.05) is 20.8 Å². The van der Waals surface area contributed by atoms with Crippen LogP contribution in [0.5, 0.6) is 0 Å². The molecule has 2 aromatic heterocycles. The molecule has 4 nitrogen and oxygen atoms in total. The van der Waals surface area contributed by atoms with Crippen LogP contribution >= 0.6 is 11.3 Å². The van der Waals surface area contributed by atoms with Crippen LogP contribution in [0.2, 0.25) is 0 Å². The fraction of sp³-hybridized carbons (Fsp3) is 0.556. The Labute approximate surface area is 141 Å². The lowest BCUT2D eigenvalue weighted by Gasteiger charge is -2.20. The van der Waals surface area contributed by atoms with E-state index in [0.717, 1.165) is 23.1 Å². The summed E-state index contributed by atoms with van der Waals surface area (Å²) in [6.07, 6.45) is 7.08. The molecule has 1 aliphatic rings. The first kappa shape index (κ1) is 16.2. The highest BCUT2D eigenvalue weighted by Gasteiger charge is 2.22. The van der Waals surface area contributed by atoms with Gasteiger partial charge in [0.25, 0.3) is 5.91 Å². The van der Waals surface area contributed by atoms with E-state index in [1.165, 1.54) is 48.3 Å². The number of amides is 1. The van der Waals surface area contributed by atoms with Crippen molar-refractivity contribution < 1.29 is 4.79 Å². The first-order valence-corrected chi connectivity index (χ1v) is 9.20. The van der Waals surface area contributed by atoms with Gasteiger partial charge in [-0.3, -0.25) is 4.79 Å². The molecule has 0 bridgehead atoms. The smallest absolute Gasteiger partial charge is 0.263 e. The number of thiophene rings is 1. The van der Waals surface area contributed by atoms with Crippen molar-refractivity contribution in [2.75, 3.05) is 5.73 Å². The molecule has 0 atom stereocenters. The van der Waals surface area contributed by atoms with Gasteiger partial charge in [-0.25, -0.2) is 4.98 Å². The number of aryl methyl sites for hydroxylation is 2. The topological polar surface area (TPSA) is 68.0 Å². The van der Waals surface area contributed by atoms with Crippen LogP contribution in [0.4, 0.5) is 5.69 Å². The van der Waals surface area contributed by atoms with Crippen molar-refractivity contribution >= 4 is 33.1 Å². The van der Waals surface area contributed by atoms with Gasteiger partial charge >= 0.3 is 0 Å². The summed E-state index contributed by atoms with van der Waals surface area (Å²) in [6, 6.07) is 2.17. The van der Waals surface area contributed by atoms with E-state index in [4.69, 9.17) is 10.7 Å². The molecule has 0 radical (unpaired) electrons. The second kappa shape index (κ2) is 6.11. The molecule has 0 spiro atoms. The number of aromatic nitrogens is 1. The Kier molecular flexibility index (Phi) is 4.32. The molecule has 124 valence electrons. The van der Waals surface area contributed by atoms with Gasteiger partial charge in [0.15, 0.2) is 0 Å². The van der Waals surface area contributed by atoms with Crippen LogP contribution in [0.1, 0.15) is 67.4 Å². The fourth-order valence-corrected chi connectivity index (χ4v) is 4.07. The van der Waals surface area contributed by atoms with Crippen LogP contribution in [0.25, 0.3) is 10.2 Å². The number of hydrogen-bond acceptors (Lipinski definition) is 4. The maximum absolute atomic E-state index is 12.5. The maximum Gasteiger partial charge on any atom is 0.263 e. The molecule has 2 heterocycles. The third kappa shape index (κ3) is 3.50. The highest BCUT2D eigenvalue weighted by Crippen LogP contribution is 2.35. The van der Waals surface area contributed by atoms with Crippen molar-refractivity contribution in [3.8, 4) is 0 Å². The number of nitrogens with two attached hydrogens (primary N) is 1. The van der Waals surface area contributed by atoms with Crippen LogP contribution in [-0.4, -0.2) is 16.4 Å². The Morgan fingerprint density at radius 2 is 1.91 bits per heavy atom. The molecule has 3 rings (SSSR count). The molecule has 0 aliphatic heterocycles. The summed E-state index contributed by atoms with van der Waals surface area (Å²) in [7, 11) is 0. The van der Waals surface area contributed by atoms with E-state index >= 15 is 0 Å². The van der Waals surface area contributed by atoms with E-state index in [0.29, 0.717) is 10.6 Å². The van der Waals surface area contributed by atoms with E-state index in [-0.39, 0.29) is 11.4 Å². The third-order valence-corrected chi connectivity index (χ3v) is 5.31. The molecule has 0 unspecified atom stereocenters. The molecule has 0 fully saturated rings. The van der Waals surface area contributed by atoms with Gasteiger partial charge in [-0.15, -0.1) is 11.3 Å². The van der Waals surface area contributed by atoms with Crippen LogP contribution in [0.15, 0.2) is 6.07 Å². The zero-order valence-electron chi connectivity index (χ0n) is 14.2. The van der Waals surface area contributed by atoms with Gasteiger partial charge in [-0.2, -0.15) is 0 Å². The SMILES string of the molecule is CC(C)(C)NC(=O)c1sc2nc3c(cc2c1N)CCCCCC3. The number of carbonyl (C=O) groups is 1. The zero-order chi connectivity index (χ0) is 16.6. The summed E-state index contributed by atoms with van der Waals surface area (Å²) in [5.74, 6) is -0.106. The van der Waals surface area contributed by atoms with Gasteiger partial charge in [0, 0.05) is 16.6 Å². The predicted octanol–water partition coefficient (Wildman–Crippen LogP) is 4.07. The molecule has 1 amide bonds. The molecule has 3 N–H and O–H groups in total. The van der Waals surface area contributed by atoms with Crippen LogP contribution < -0.4 is 11.1 Å². The van der Waals surface area contributed by atoms with E-state index in [2.05, 4.69) is 11.4 Å². The van der Waals surface area contributed by atoms with Gasteiger partial charge < -0.3 is 11.1 Å². The number of nitrogens with zero attached hydrogens (tertiary/aromatic N) is 1. The van der Waals surface area contributed by atoms with Gasteiger partial charge in [-0.05, 0) is 58.1 Å². The van der Waals surface area contributed by atoms with Crippen molar-refractivity contribution in [3.63, 3.8) is 0 Å². The first-order chi connectivity index (χ1) is 10.8. The molecule has 5 heteroatoms. The minimum Gasteiger partial charge on any atom is -0.397 e. The van der Waals surface area contributed by atoms with Crippen molar-refractivity contribution in [1.82, 2.24) is 10.3 Å². The lowest BCUT2D eigenvalue weighted by Crippen LogP contribution is -2.40. The summed E-state index contributed by atoms with van der Waals surface area (Å²) in [4.78, 5) is 18.8. The summed E-state index contributed by atoms with van der Waals surface area (Å²) in [5, 5.41) is 3.93. The molecule has 0 saturated carbocycles. The molecule has 1 aliphatic carbocycles. The highest BCUT2D eigenvalue weighted by atomic mass is 32.1. The van der Waals surface area contributed by atoms with Gasteiger partial charge in [0.05, 0.1) is 5.69 Å². The number of nitrogen functional groups attached to an aromatic ring is 1. The Morgan fingerprint density at radius 1 is 1.22 bits per heavy atom. The number of fused-ring (bicyclic) bond motifs is 2. The lowest BCUT2D eigenvalue weighted by molar-refractivity contribution is 0.0924. The molecular formula is C18H25N3OS. The average Bonchev–Trinajstić information content (AvgIpc) is 2.74. The van der Waals surface area contributed by atoms with E-state index in [9.17, 15) is 4.79 Å². The number of rotatable bonds is 1. The third-order valence-electron chi connectivity index (χ3n) is 4.19. The number of hydrogen-bond donors (Lipinski definition) is 2. The number of pyridine rings is 1. The Hall–Kier alpha value is -1.62. The monoisotopic (exact) mass is 331 g/mol. The normalized spacial score (nSPS) is 15.8. The molecule has 0 aromatic carbocycles. The highest BCUT2D eigenvalue weighted by molar-refractivity contribution is 7.21. The standard InChI is InChI=1S/C18H25N3OS/c1-18(2,3)21-16(22)15-14(19)12-10-11-8-6-4-5-7-9-13(11)20-17(12)23-15/h10H,4-9,19H2,1-3H3,(H,21,22). The van der Waals surface area contributed by atoms with Crippen molar-refractivity contribution in [3.05, 3.63) is 22.2 Å². The number of nitrogens with one attached hydrogen (secondary N) is 1. The van der Waals surface area contributed by atoms with Crippen LogP contribution in [-0.2, 0) is 12.8 Å². The minimum absolute atomic E-state index is 0.106. The van der Waals surface area contributed by atoms with Gasteiger partial charge in [0.2, 0.25) is 0 Å². The predicted molar refractivity (Wildman–Crippen MR) is 97.1 cm³/mol. The second-order valence-corrected chi connectivity index (χ2v) is 8.41. The summed E-state index contributed by atoms with van der Waals surface area (Å²) in [6.45, 7) is 5.91. The molecule has 2 aromatic rings. The van der Waals surface area contributed by atoms with Crippen molar-refractivity contribution in [2.45, 2.75) is 64.8 Å². The second-order valence-electron chi connectivity index (χ2n) is 7.41. The van der Waals surface area contributed by atoms with Crippen molar-refractivity contribution in [1.29, 1.82) is 0 Å². The van der Waals surface area contributed by atoms with Crippen molar-refractivity contribution in [2.24, 2.45) is 0 Å². The van der Waals surface area contributed by atoms with E-state index < -0.39 is 0 Å². The van der Waals surface area contributed by atoms with Gasteiger partial charge in [-0.1, -0.05) is 12.8 Å². The Bertz CT molecular complexity index is 743. The zero-order valence-corrected chi connectivity index (χ0v) is 15.0. The number of anilines is 1. The maximum atomic E-state index is 12.5. The minimum atomic E-state index is -0.276. The quantitative estimate of drug-likeness (QED) is 0.828. The molecule has 0 saturated heterocycles. The molecular weight excluding hydrogens is 306 g/mol.